The lowest BCUT2D eigenvalue weighted by atomic mass is 10.3. The average molecular weight is 300 g/mol. The number of likely N-dealkylation sites (N-methyl/N-ethyl adjacent to an activating group) is 1. The van der Waals surface area contributed by atoms with Crippen molar-refractivity contribution in [2.75, 3.05) is 34.4 Å². The fourth-order valence-electron chi connectivity index (χ4n) is 2.29. The second-order valence-electron chi connectivity index (χ2n) is 4.68. The molecule has 0 spiro atoms. The molecular weight excluding hydrogens is 280 g/mol. The van der Waals surface area contributed by atoms with Crippen molar-refractivity contribution in [1.29, 1.82) is 0 Å². The monoisotopic (exact) mass is 300 g/mol. The Kier molecular flexibility index (Phi) is 4.52. The van der Waals surface area contributed by atoms with Crippen LogP contribution in [-0.2, 0) is 10.0 Å². The first-order valence-corrected chi connectivity index (χ1v) is 7.85. The van der Waals surface area contributed by atoms with E-state index in [1.54, 1.807) is 19.2 Å². The Hall–Kier alpha value is -1.31. The second-order valence-corrected chi connectivity index (χ2v) is 6.65. The van der Waals surface area contributed by atoms with E-state index in [1.165, 1.54) is 24.6 Å². The number of ether oxygens (including phenoxy) is 2. The van der Waals surface area contributed by atoms with E-state index in [1.807, 2.05) is 0 Å². The maximum Gasteiger partial charge on any atom is 0.246 e. The summed E-state index contributed by atoms with van der Waals surface area (Å²) < 4.78 is 37.1. The van der Waals surface area contributed by atoms with Gasteiger partial charge in [0, 0.05) is 25.7 Å². The van der Waals surface area contributed by atoms with Crippen LogP contribution in [0, 0.1) is 0 Å². The lowest BCUT2D eigenvalue weighted by Crippen LogP contribution is -2.38. The number of methoxy groups -OCH3 is 2. The zero-order valence-electron chi connectivity index (χ0n) is 11.9. The summed E-state index contributed by atoms with van der Waals surface area (Å²) in [6, 6.07) is 4.74. The SMILES string of the molecule is COc1ccc(OC)c(S(=O)(=O)N(C)C2CCNC2)c1. The van der Waals surface area contributed by atoms with E-state index < -0.39 is 10.0 Å². The van der Waals surface area contributed by atoms with Crippen LogP contribution in [0.25, 0.3) is 0 Å². The summed E-state index contributed by atoms with van der Waals surface area (Å²) in [7, 11) is 0.953. The molecular formula is C13H20N2O4S. The molecule has 1 aliphatic heterocycles. The van der Waals surface area contributed by atoms with Crippen molar-refractivity contribution in [3.8, 4) is 11.5 Å². The Labute approximate surface area is 119 Å². The zero-order valence-corrected chi connectivity index (χ0v) is 12.7. The Morgan fingerprint density at radius 2 is 2.05 bits per heavy atom. The Morgan fingerprint density at radius 1 is 1.30 bits per heavy atom. The van der Waals surface area contributed by atoms with Crippen LogP contribution in [-0.4, -0.2) is 53.1 Å². The number of sulfonamides is 1. The standard InChI is InChI=1S/C13H20N2O4S/c1-15(10-6-7-14-9-10)20(16,17)13-8-11(18-2)4-5-12(13)19-3/h4-5,8,10,14H,6-7,9H2,1-3H3. The molecule has 1 aromatic carbocycles. The molecule has 112 valence electrons. The Morgan fingerprint density at radius 3 is 2.60 bits per heavy atom. The van der Waals surface area contributed by atoms with Crippen molar-refractivity contribution >= 4 is 10.0 Å². The highest BCUT2D eigenvalue weighted by Crippen LogP contribution is 2.31. The topological polar surface area (TPSA) is 67.9 Å². The number of rotatable bonds is 5. The van der Waals surface area contributed by atoms with Gasteiger partial charge < -0.3 is 14.8 Å². The maximum atomic E-state index is 12.7. The first kappa shape index (κ1) is 15.1. The van der Waals surface area contributed by atoms with Crippen molar-refractivity contribution in [3.05, 3.63) is 18.2 Å². The third-order valence-corrected chi connectivity index (χ3v) is 5.51. The third kappa shape index (κ3) is 2.74. The molecule has 0 bridgehead atoms. The minimum Gasteiger partial charge on any atom is -0.497 e. The van der Waals surface area contributed by atoms with Crippen molar-refractivity contribution in [3.63, 3.8) is 0 Å². The minimum atomic E-state index is -3.61. The average Bonchev–Trinajstić information content (AvgIpc) is 2.99. The molecule has 1 atom stereocenters. The van der Waals surface area contributed by atoms with Gasteiger partial charge in [-0.1, -0.05) is 0 Å². The number of nitrogens with one attached hydrogen (secondary N) is 1. The van der Waals surface area contributed by atoms with Crippen LogP contribution in [0.15, 0.2) is 23.1 Å². The molecule has 6 nitrogen and oxygen atoms in total. The predicted octanol–water partition coefficient (Wildman–Crippen LogP) is 0.686. The zero-order chi connectivity index (χ0) is 14.8. The molecule has 20 heavy (non-hydrogen) atoms. The maximum absolute atomic E-state index is 12.7. The first-order chi connectivity index (χ1) is 9.50. The summed E-state index contributed by atoms with van der Waals surface area (Å²) in [4.78, 5) is 0.133. The molecule has 0 amide bonds. The molecule has 1 aliphatic rings. The lowest BCUT2D eigenvalue weighted by Gasteiger charge is -2.24. The number of hydrogen-bond donors (Lipinski definition) is 1. The second kappa shape index (κ2) is 5.99. The molecule has 1 unspecified atom stereocenters. The summed E-state index contributed by atoms with van der Waals surface area (Å²) in [6.45, 7) is 1.50. The van der Waals surface area contributed by atoms with Gasteiger partial charge in [-0.2, -0.15) is 4.31 Å². The van der Waals surface area contributed by atoms with Gasteiger partial charge in [0.05, 0.1) is 14.2 Å². The van der Waals surface area contributed by atoms with Gasteiger partial charge in [0.15, 0.2) is 0 Å². The van der Waals surface area contributed by atoms with Crippen molar-refractivity contribution in [2.24, 2.45) is 0 Å². The summed E-state index contributed by atoms with van der Waals surface area (Å²) in [6.07, 6.45) is 0.808. The highest BCUT2D eigenvalue weighted by atomic mass is 32.2. The fourth-order valence-corrected chi connectivity index (χ4v) is 3.84. The van der Waals surface area contributed by atoms with Crippen LogP contribution in [0.2, 0.25) is 0 Å². The van der Waals surface area contributed by atoms with Crippen molar-refractivity contribution < 1.29 is 17.9 Å². The summed E-state index contributed by atoms with van der Waals surface area (Å²) >= 11 is 0. The molecule has 7 heteroatoms. The summed E-state index contributed by atoms with van der Waals surface area (Å²) in [5.74, 6) is 0.811. The number of hydrogen-bond acceptors (Lipinski definition) is 5. The number of nitrogens with zero attached hydrogens (tertiary/aromatic N) is 1. The van der Waals surface area contributed by atoms with Gasteiger partial charge in [0.1, 0.15) is 16.4 Å². The van der Waals surface area contributed by atoms with Crippen LogP contribution in [0.1, 0.15) is 6.42 Å². The summed E-state index contributed by atoms with van der Waals surface area (Å²) in [5.41, 5.74) is 0. The van der Waals surface area contributed by atoms with Crippen LogP contribution >= 0.6 is 0 Å². The van der Waals surface area contributed by atoms with Gasteiger partial charge in [-0.15, -0.1) is 0 Å². The van der Waals surface area contributed by atoms with E-state index >= 15 is 0 Å². The van der Waals surface area contributed by atoms with E-state index in [2.05, 4.69) is 5.32 Å². The van der Waals surface area contributed by atoms with E-state index in [0.717, 1.165) is 13.0 Å². The molecule has 2 rings (SSSR count). The third-order valence-electron chi connectivity index (χ3n) is 3.58. The fraction of sp³-hybridized carbons (Fsp3) is 0.538. The Bertz CT molecular complexity index is 568. The van der Waals surface area contributed by atoms with Gasteiger partial charge in [-0.3, -0.25) is 0 Å². The molecule has 1 heterocycles. The molecule has 1 fully saturated rings. The predicted molar refractivity (Wildman–Crippen MR) is 75.8 cm³/mol. The van der Waals surface area contributed by atoms with E-state index in [4.69, 9.17) is 9.47 Å². The molecule has 0 radical (unpaired) electrons. The largest absolute Gasteiger partial charge is 0.497 e. The number of benzene rings is 1. The highest BCUT2D eigenvalue weighted by molar-refractivity contribution is 7.89. The first-order valence-electron chi connectivity index (χ1n) is 6.41. The molecule has 0 aromatic heterocycles. The quantitative estimate of drug-likeness (QED) is 0.866. The van der Waals surface area contributed by atoms with E-state index in [-0.39, 0.29) is 10.9 Å². The van der Waals surface area contributed by atoms with Crippen LogP contribution < -0.4 is 14.8 Å². The van der Waals surface area contributed by atoms with Gasteiger partial charge in [0.25, 0.3) is 0 Å². The lowest BCUT2D eigenvalue weighted by molar-refractivity contribution is 0.372. The molecule has 1 N–H and O–H groups in total. The molecule has 0 saturated carbocycles. The molecule has 1 aromatic rings. The van der Waals surface area contributed by atoms with E-state index in [9.17, 15) is 8.42 Å². The Balaban J connectivity index is 2.41. The molecule has 0 aliphatic carbocycles. The van der Waals surface area contributed by atoms with Gasteiger partial charge in [-0.25, -0.2) is 8.42 Å². The van der Waals surface area contributed by atoms with Crippen molar-refractivity contribution in [1.82, 2.24) is 9.62 Å². The highest BCUT2D eigenvalue weighted by Gasteiger charge is 2.32. The summed E-state index contributed by atoms with van der Waals surface area (Å²) in [5, 5.41) is 3.17. The van der Waals surface area contributed by atoms with Crippen LogP contribution in [0.5, 0.6) is 11.5 Å². The molecule has 1 saturated heterocycles. The van der Waals surface area contributed by atoms with E-state index in [0.29, 0.717) is 18.0 Å². The van der Waals surface area contributed by atoms with Gasteiger partial charge >= 0.3 is 0 Å². The van der Waals surface area contributed by atoms with Gasteiger partial charge in [-0.05, 0) is 25.1 Å². The minimum absolute atomic E-state index is 0.0316. The van der Waals surface area contributed by atoms with Gasteiger partial charge in [0.2, 0.25) is 10.0 Å². The van der Waals surface area contributed by atoms with Crippen LogP contribution in [0.3, 0.4) is 0 Å². The van der Waals surface area contributed by atoms with Crippen molar-refractivity contribution in [2.45, 2.75) is 17.4 Å². The normalized spacial score (nSPS) is 19.3. The van der Waals surface area contributed by atoms with Crippen LogP contribution in [0.4, 0.5) is 0 Å². The smallest absolute Gasteiger partial charge is 0.246 e.